The highest BCUT2D eigenvalue weighted by atomic mass is 16.2. The van der Waals surface area contributed by atoms with Crippen molar-refractivity contribution >= 4 is 11.8 Å². The largest absolute Gasteiger partial charge is 0.346 e. The van der Waals surface area contributed by atoms with Gasteiger partial charge in [0.25, 0.3) is 0 Å². The second-order valence-electron chi connectivity index (χ2n) is 4.36. The van der Waals surface area contributed by atoms with Crippen molar-refractivity contribution in [3.63, 3.8) is 0 Å². The summed E-state index contributed by atoms with van der Waals surface area (Å²) < 4.78 is 0. The second kappa shape index (κ2) is 6.51. The van der Waals surface area contributed by atoms with Gasteiger partial charge in [0.2, 0.25) is 0 Å². The number of nitrogens with zero attached hydrogens (tertiary/aromatic N) is 1. The Labute approximate surface area is 97.4 Å². The van der Waals surface area contributed by atoms with Gasteiger partial charge in [0.05, 0.1) is 0 Å². The third-order valence-corrected chi connectivity index (χ3v) is 3.04. The Bertz CT molecular complexity index is 253. The molecule has 1 N–H and O–H groups in total. The first kappa shape index (κ1) is 13.0. The number of carbonyl (C=O) groups is 2. The van der Waals surface area contributed by atoms with Crippen molar-refractivity contribution < 1.29 is 9.59 Å². The smallest absolute Gasteiger partial charge is 0.312 e. The van der Waals surface area contributed by atoms with E-state index >= 15 is 0 Å². The molecule has 0 radical (unpaired) electrons. The Balaban J connectivity index is 2.57. The number of hydrogen-bond donors (Lipinski definition) is 1. The third-order valence-electron chi connectivity index (χ3n) is 3.04. The molecule has 16 heavy (non-hydrogen) atoms. The molecule has 0 aliphatic carbocycles. The number of carbonyl (C=O) groups excluding carboxylic acids is 2. The van der Waals surface area contributed by atoms with Crippen LogP contribution >= 0.6 is 0 Å². The number of unbranched alkanes of at least 4 members (excludes halogenated alkanes) is 2. The summed E-state index contributed by atoms with van der Waals surface area (Å²) >= 11 is 0. The number of nitrogens with one attached hydrogen (secondary N) is 1. The van der Waals surface area contributed by atoms with Crippen LogP contribution in [-0.4, -0.2) is 35.8 Å². The Morgan fingerprint density at radius 1 is 1.25 bits per heavy atom. The van der Waals surface area contributed by atoms with Crippen molar-refractivity contribution in [2.45, 2.75) is 52.0 Å². The van der Waals surface area contributed by atoms with Crippen molar-refractivity contribution in [1.29, 1.82) is 0 Å². The van der Waals surface area contributed by atoms with E-state index in [2.05, 4.69) is 19.2 Å². The molecule has 92 valence electrons. The Kier molecular flexibility index (Phi) is 5.29. The number of amides is 2. The van der Waals surface area contributed by atoms with E-state index in [0.717, 1.165) is 38.6 Å². The fourth-order valence-corrected chi connectivity index (χ4v) is 2.00. The Morgan fingerprint density at radius 3 is 2.56 bits per heavy atom. The number of rotatable bonds is 6. The van der Waals surface area contributed by atoms with Crippen LogP contribution in [0.3, 0.4) is 0 Å². The minimum atomic E-state index is -0.441. The summed E-state index contributed by atoms with van der Waals surface area (Å²) in [5, 5.41) is 2.67. The molecule has 1 aliphatic rings. The van der Waals surface area contributed by atoms with Gasteiger partial charge in [-0.15, -0.1) is 0 Å². The monoisotopic (exact) mass is 226 g/mol. The molecule has 1 atom stereocenters. The molecule has 1 heterocycles. The van der Waals surface area contributed by atoms with E-state index in [1.807, 2.05) is 0 Å². The van der Waals surface area contributed by atoms with Gasteiger partial charge in [0.1, 0.15) is 0 Å². The molecule has 0 saturated carbocycles. The van der Waals surface area contributed by atoms with Crippen LogP contribution in [0.1, 0.15) is 46.0 Å². The molecule has 0 aromatic heterocycles. The van der Waals surface area contributed by atoms with Gasteiger partial charge in [-0.3, -0.25) is 9.59 Å². The summed E-state index contributed by atoms with van der Waals surface area (Å²) in [6, 6.07) is 0.205. The molecule has 1 saturated heterocycles. The maximum Gasteiger partial charge on any atom is 0.312 e. The zero-order valence-corrected chi connectivity index (χ0v) is 10.3. The summed E-state index contributed by atoms with van der Waals surface area (Å²) in [5.74, 6) is -0.787. The van der Waals surface area contributed by atoms with Gasteiger partial charge < -0.3 is 10.2 Å². The maximum absolute atomic E-state index is 11.7. The average molecular weight is 226 g/mol. The van der Waals surface area contributed by atoms with Crippen molar-refractivity contribution in [2.24, 2.45) is 0 Å². The molecule has 1 aliphatic heterocycles. The SMILES string of the molecule is CCCC[C@@H]1CNC(=O)C(=O)N1CCCC. The predicted octanol–water partition coefficient (Wildman–Crippen LogP) is 1.30. The number of hydrogen-bond acceptors (Lipinski definition) is 2. The van der Waals surface area contributed by atoms with Crippen LogP contribution in [0.25, 0.3) is 0 Å². The highest BCUT2D eigenvalue weighted by Gasteiger charge is 2.32. The molecule has 4 heteroatoms. The van der Waals surface area contributed by atoms with E-state index < -0.39 is 5.91 Å². The first-order chi connectivity index (χ1) is 7.70. The van der Waals surface area contributed by atoms with E-state index in [-0.39, 0.29) is 11.9 Å². The highest BCUT2D eigenvalue weighted by molar-refractivity contribution is 6.35. The summed E-state index contributed by atoms with van der Waals surface area (Å²) in [6.45, 7) is 5.57. The lowest BCUT2D eigenvalue weighted by Crippen LogP contribution is -2.58. The normalized spacial score (nSPS) is 21.1. The average Bonchev–Trinajstić information content (AvgIpc) is 2.29. The van der Waals surface area contributed by atoms with Crippen molar-refractivity contribution in [2.75, 3.05) is 13.1 Å². The minimum Gasteiger partial charge on any atom is -0.346 e. The fourth-order valence-electron chi connectivity index (χ4n) is 2.00. The first-order valence-corrected chi connectivity index (χ1v) is 6.29. The molecule has 0 aromatic rings. The van der Waals surface area contributed by atoms with Crippen LogP contribution in [0.15, 0.2) is 0 Å². The highest BCUT2D eigenvalue weighted by Crippen LogP contribution is 2.13. The predicted molar refractivity (Wildman–Crippen MR) is 62.9 cm³/mol. The Hall–Kier alpha value is -1.06. The molecule has 2 amide bonds. The zero-order valence-electron chi connectivity index (χ0n) is 10.3. The maximum atomic E-state index is 11.7. The van der Waals surface area contributed by atoms with Crippen molar-refractivity contribution in [1.82, 2.24) is 10.2 Å². The van der Waals surface area contributed by atoms with E-state index in [4.69, 9.17) is 0 Å². The summed E-state index contributed by atoms with van der Waals surface area (Å²) in [5.41, 5.74) is 0. The molecule has 0 aromatic carbocycles. The van der Waals surface area contributed by atoms with Gasteiger partial charge in [0, 0.05) is 19.1 Å². The minimum absolute atomic E-state index is 0.205. The molecular formula is C12H22N2O2. The van der Waals surface area contributed by atoms with Gasteiger partial charge in [-0.05, 0) is 12.8 Å². The Morgan fingerprint density at radius 2 is 1.94 bits per heavy atom. The third kappa shape index (κ3) is 3.22. The topological polar surface area (TPSA) is 49.4 Å². The van der Waals surface area contributed by atoms with Gasteiger partial charge in [-0.25, -0.2) is 0 Å². The van der Waals surface area contributed by atoms with E-state index in [1.54, 1.807) is 4.90 Å². The molecule has 1 rings (SSSR count). The summed E-state index contributed by atoms with van der Waals surface area (Å²) in [4.78, 5) is 24.8. The van der Waals surface area contributed by atoms with Crippen LogP contribution in [0.2, 0.25) is 0 Å². The van der Waals surface area contributed by atoms with E-state index in [0.29, 0.717) is 6.54 Å². The van der Waals surface area contributed by atoms with Crippen LogP contribution in [-0.2, 0) is 9.59 Å². The van der Waals surface area contributed by atoms with E-state index in [9.17, 15) is 9.59 Å². The second-order valence-corrected chi connectivity index (χ2v) is 4.36. The standard InChI is InChI=1S/C12H22N2O2/c1-3-5-7-10-9-13-11(15)12(16)14(10)8-6-4-2/h10H,3-9H2,1-2H3,(H,13,15)/t10-/m1/s1. The lowest BCUT2D eigenvalue weighted by atomic mass is 10.1. The molecule has 0 bridgehead atoms. The fraction of sp³-hybridized carbons (Fsp3) is 0.833. The van der Waals surface area contributed by atoms with Gasteiger partial charge in [-0.2, -0.15) is 0 Å². The van der Waals surface area contributed by atoms with Crippen molar-refractivity contribution in [3.05, 3.63) is 0 Å². The summed E-state index contributed by atoms with van der Waals surface area (Å²) in [7, 11) is 0. The van der Waals surface area contributed by atoms with Crippen LogP contribution < -0.4 is 5.32 Å². The van der Waals surface area contributed by atoms with Crippen LogP contribution in [0.5, 0.6) is 0 Å². The molecule has 1 fully saturated rings. The van der Waals surface area contributed by atoms with Gasteiger partial charge in [-0.1, -0.05) is 33.1 Å². The van der Waals surface area contributed by atoms with Gasteiger partial charge >= 0.3 is 11.8 Å². The molecule has 0 spiro atoms. The zero-order chi connectivity index (χ0) is 12.0. The lowest BCUT2D eigenvalue weighted by Gasteiger charge is -2.35. The van der Waals surface area contributed by atoms with Gasteiger partial charge in [0.15, 0.2) is 0 Å². The quantitative estimate of drug-likeness (QED) is 0.694. The van der Waals surface area contributed by atoms with Crippen LogP contribution in [0, 0.1) is 0 Å². The van der Waals surface area contributed by atoms with Crippen LogP contribution in [0.4, 0.5) is 0 Å². The summed E-state index contributed by atoms with van der Waals surface area (Å²) in [6.07, 6.45) is 5.25. The molecule has 4 nitrogen and oxygen atoms in total. The first-order valence-electron chi connectivity index (χ1n) is 6.29. The van der Waals surface area contributed by atoms with E-state index in [1.165, 1.54) is 0 Å². The lowest BCUT2D eigenvalue weighted by molar-refractivity contribution is -0.150. The molecule has 0 unspecified atom stereocenters. The molecular weight excluding hydrogens is 204 g/mol. The number of piperazine rings is 1. The van der Waals surface area contributed by atoms with Crippen molar-refractivity contribution in [3.8, 4) is 0 Å².